The number of nitrogens with zero attached hydrogens (tertiary/aromatic N) is 1. The Morgan fingerprint density at radius 1 is 1.28 bits per heavy atom. The maximum Gasteiger partial charge on any atom is 0.325 e. The maximum atomic E-state index is 11.6. The number of imide groups is 1. The van der Waals surface area contributed by atoms with E-state index >= 15 is 0 Å². The zero-order chi connectivity index (χ0) is 13.1. The SMILES string of the molecule is O=C(O)C[C@@H]1C(=O)NC(=O)N1Cc1ccccc1. The lowest BCUT2D eigenvalue weighted by atomic mass is 10.1. The molecule has 1 fully saturated rings. The van der Waals surface area contributed by atoms with E-state index in [4.69, 9.17) is 5.11 Å². The minimum Gasteiger partial charge on any atom is -0.481 e. The number of hydrogen-bond donors (Lipinski definition) is 2. The summed E-state index contributed by atoms with van der Waals surface area (Å²) in [6, 6.07) is 7.62. The van der Waals surface area contributed by atoms with Gasteiger partial charge in [0.05, 0.1) is 6.42 Å². The summed E-state index contributed by atoms with van der Waals surface area (Å²) in [5.41, 5.74) is 0.845. The fourth-order valence-corrected chi connectivity index (χ4v) is 1.87. The van der Waals surface area contributed by atoms with Gasteiger partial charge in [-0.25, -0.2) is 4.79 Å². The normalized spacial score (nSPS) is 18.9. The third-order valence-corrected chi connectivity index (χ3v) is 2.73. The average Bonchev–Trinajstić information content (AvgIpc) is 2.57. The number of rotatable bonds is 4. The molecule has 1 aromatic carbocycles. The summed E-state index contributed by atoms with van der Waals surface area (Å²) in [5, 5.41) is 10.9. The molecule has 1 aromatic rings. The molecule has 1 aliphatic heterocycles. The molecule has 0 saturated carbocycles. The van der Waals surface area contributed by atoms with E-state index in [-0.39, 0.29) is 13.0 Å². The molecule has 6 nitrogen and oxygen atoms in total. The molecular formula is C12H12N2O4. The highest BCUT2D eigenvalue weighted by Crippen LogP contribution is 2.16. The van der Waals surface area contributed by atoms with Crippen LogP contribution in [-0.2, 0) is 16.1 Å². The monoisotopic (exact) mass is 248 g/mol. The molecule has 0 aliphatic carbocycles. The Balaban J connectivity index is 2.16. The van der Waals surface area contributed by atoms with Crippen molar-refractivity contribution in [3.63, 3.8) is 0 Å². The van der Waals surface area contributed by atoms with Crippen LogP contribution in [-0.4, -0.2) is 34.0 Å². The number of carboxylic acids is 1. The van der Waals surface area contributed by atoms with Crippen LogP contribution in [0.4, 0.5) is 4.79 Å². The van der Waals surface area contributed by atoms with Crippen LogP contribution in [0.15, 0.2) is 30.3 Å². The van der Waals surface area contributed by atoms with Crippen LogP contribution in [0.2, 0.25) is 0 Å². The highest BCUT2D eigenvalue weighted by Gasteiger charge is 2.39. The quantitative estimate of drug-likeness (QED) is 0.763. The second-order valence-corrected chi connectivity index (χ2v) is 4.02. The Hall–Kier alpha value is -2.37. The Kier molecular flexibility index (Phi) is 3.27. The predicted octanol–water partition coefficient (Wildman–Crippen LogP) is 0.582. The van der Waals surface area contributed by atoms with Crippen molar-refractivity contribution in [1.82, 2.24) is 10.2 Å². The highest BCUT2D eigenvalue weighted by atomic mass is 16.4. The predicted molar refractivity (Wildman–Crippen MR) is 61.6 cm³/mol. The van der Waals surface area contributed by atoms with Crippen LogP contribution in [0, 0.1) is 0 Å². The van der Waals surface area contributed by atoms with E-state index in [1.54, 1.807) is 0 Å². The van der Waals surface area contributed by atoms with Gasteiger partial charge in [-0.3, -0.25) is 14.9 Å². The van der Waals surface area contributed by atoms with Crippen molar-refractivity contribution in [2.45, 2.75) is 19.0 Å². The van der Waals surface area contributed by atoms with Crippen LogP contribution in [0.1, 0.15) is 12.0 Å². The first-order chi connectivity index (χ1) is 8.58. The maximum absolute atomic E-state index is 11.6. The number of urea groups is 1. The van der Waals surface area contributed by atoms with Gasteiger partial charge in [0.1, 0.15) is 6.04 Å². The molecule has 0 spiro atoms. The number of carboxylic acid groups (broad SMARTS) is 1. The zero-order valence-corrected chi connectivity index (χ0v) is 9.50. The van der Waals surface area contributed by atoms with Gasteiger partial charge in [-0.15, -0.1) is 0 Å². The van der Waals surface area contributed by atoms with Gasteiger partial charge >= 0.3 is 12.0 Å². The van der Waals surface area contributed by atoms with E-state index in [0.29, 0.717) is 0 Å². The largest absolute Gasteiger partial charge is 0.481 e. The average molecular weight is 248 g/mol. The number of aliphatic carboxylic acids is 1. The van der Waals surface area contributed by atoms with Gasteiger partial charge in [0.2, 0.25) is 0 Å². The number of benzene rings is 1. The smallest absolute Gasteiger partial charge is 0.325 e. The van der Waals surface area contributed by atoms with Crippen molar-refractivity contribution in [2.75, 3.05) is 0 Å². The topological polar surface area (TPSA) is 86.7 Å². The van der Waals surface area contributed by atoms with Gasteiger partial charge in [0.15, 0.2) is 0 Å². The molecule has 3 amide bonds. The molecule has 18 heavy (non-hydrogen) atoms. The molecule has 0 unspecified atom stereocenters. The molecule has 1 atom stereocenters. The first kappa shape index (κ1) is 12.1. The zero-order valence-electron chi connectivity index (χ0n) is 9.50. The Morgan fingerprint density at radius 2 is 1.94 bits per heavy atom. The third kappa shape index (κ3) is 2.48. The van der Waals surface area contributed by atoms with E-state index < -0.39 is 23.9 Å². The summed E-state index contributed by atoms with van der Waals surface area (Å²) in [7, 11) is 0. The van der Waals surface area contributed by atoms with Gasteiger partial charge in [0.25, 0.3) is 5.91 Å². The Morgan fingerprint density at radius 3 is 2.56 bits per heavy atom. The van der Waals surface area contributed by atoms with Crippen LogP contribution < -0.4 is 5.32 Å². The number of hydrogen-bond acceptors (Lipinski definition) is 3. The molecular weight excluding hydrogens is 236 g/mol. The first-order valence-electron chi connectivity index (χ1n) is 5.45. The molecule has 1 aliphatic rings. The lowest BCUT2D eigenvalue weighted by molar-refractivity contribution is -0.140. The first-order valence-corrected chi connectivity index (χ1v) is 5.45. The lowest BCUT2D eigenvalue weighted by Gasteiger charge is -2.20. The molecule has 0 radical (unpaired) electrons. The standard InChI is InChI=1S/C12H12N2O4/c15-10(16)6-9-11(17)13-12(18)14(9)7-8-4-2-1-3-5-8/h1-5,9H,6-7H2,(H,15,16)(H,13,17,18)/t9-/m1/s1. The summed E-state index contributed by atoms with van der Waals surface area (Å²) in [6.07, 6.45) is -0.385. The van der Waals surface area contributed by atoms with Crippen molar-refractivity contribution in [3.05, 3.63) is 35.9 Å². The molecule has 0 bridgehead atoms. The summed E-state index contributed by atoms with van der Waals surface area (Å²) < 4.78 is 0. The van der Waals surface area contributed by atoms with Crippen molar-refractivity contribution < 1.29 is 19.5 Å². The molecule has 1 heterocycles. The Labute approximate surface area is 103 Å². The molecule has 1 saturated heterocycles. The molecule has 94 valence electrons. The summed E-state index contributed by atoms with van der Waals surface area (Å²) >= 11 is 0. The number of amides is 3. The molecule has 2 N–H and O–H groups in total. The van der Waals surface area contributed by atoms with Crippen molar-refractivity contribution in [2.24, 2.45) is 0 Å². The molecule has 6 heteroatoms. The molecule has 0 aromatic heterocycles. The van der Waals surface area contributed by atoms with Crippen LogP contribution >= 0.6 is 0 Å². The summed E-state index contributed by atoms with van der Waals surface area (Å²) in [5.74, 6) is -1.67. The number of carbonyl (C=O) groups excluding carboxylic acids is 2. The third-order valence-electron chi connectivity index (χ3n) is 2.73. The Bertz CT molecular complexity index is 486. The van der Waals surface area contributed by atoms with Gasteiger partial charge in [-0.2, -0.15) is 0 Å². The number of nitrogens with one attached hydrogen (secondary N) is 1. The van der Waals surface area contributed by atoms with Gasteiger partial charge in [0, 0.05) is 6.54 Å². The van der Waals surface area contributed by atoms with Crippen molar-refractivity contribution in [1.29, 1.82) is 0 Å². The summed E-state index contributed by atoms with van der Waals surface area (Å²) in [4.78, 5) is 35.0. The van der Waals surface area contributed by atoms with Gasteiger partial charge in [-0.05, 0) is 5.56 Å². The van der Waals surface area contributed by atoms with E-state index in [1.807, 2.05) is 30.3 Å². The second kappa shape index (κ2) is 4.87. The number of carbonyl (C=O) groups is 3. The van der Waals surface area contributed by atoms with Gasteiger partial charge in [-0.1, -0.05) is 30.3 Å². The van der Waals surface area contributed by atoms with E-state index in [0.717, 1.165) is 5.56 Å². The minimum atomic E-state index is -1.11. The van der Waals surface area contributed by atoms with E-state index in [9.17, 15) is 14.4 Å². The van der Waals surface area contributed by atoms with Crippen molar-refractivity contribution in [3.8, 4) is 0 Å². The van der Waals surface area contributed by atoms with Crippen molar-refractivity contribution >= 4 is 17.9 Å². The summed E-state index contributed by atoms with van der Waals surface area (Å²) in [6.45, 7) is 0.219. The van der Waals surface area contributed by atoms with Gasteiger partial charge < -0.3 is 10.0 Å². The van der Waals surface area contributed by atoms with E-state index in [2.05, 4.69) is 5.32 Å². The van der Waals surface area contributed by atoms with Crippen LogP contribution in [0.25, 0.3) is 0 Å². The van der Waals surface area contributed by atoms with E-state index in [1.165, 1.54) is 4.90 Å². The molecule has 2 rings (SSSR count). The fourth-order valence-electron chi connectivity index (χ4n) is 1.87. The highest BCUT2D eigenvalue weighted by molar-refractivity contribution is 6.05. The lowest BCUT2D eigenvalue weighted by Crippen LogP contribution is -2.36. The fraction of sp³-hybridized carbons (Fsp3) is 0.250. The second-order valence-electron chi connectivity index (χ2n) is 4.02. The van der Waals surface area contributed by atoms with Crippen LogP contribution in [0.3, 0.4) is 0 Å². The minimum absolute atomic E-state index is 0.219. The van der Waals surface area contributed by atoms with Crippen LogP contribution in [0.5, 0.6) is 0 Å².